The fraction of sp³-hybridized carbons (Fsp3) is 0.214. The van der Waals surface area contributed by atoms with Gasteiger partial charge in [-0.25, -0.2) is 8.78 Å². The lowest BCUT2D eigenvalue weighted by Crippen LogP contribution is -2.12. The van der Waals surface area contributed by atoms with Crippen LogP contribution >= 0.6 is 11.6 Å². The van der Waals surface area contributed by atoms with Crippen LogP contribution in [0.15, 0.2) is 36.5 Å². The van der Waals surface area contributed by atoms with Crippen molar-refractivity contribution in [3.05, 3.63) is 58.9 Å². The maximum atomic E-state index is 13.8. The van der Waals surface area contributed by atoms with Crippen molar-refractivity contribution in [2.45, 2.75) is 19.4 Å². The van der Waals surface area contributed by atoms with Gasteiger partial charge in [-0.15, -0.1) is 0 Å². The van der Waals surface area contributed by atoms with E-state index in [0.29, 0.717) is 17.8 Å². The number of halogens is 3. The van der Waals surface area contributed by atoms with Crippen LogP contribution in [0.5, 0.6) is 0 Å². The molecule has 0 fully saturated rings. The molecule has 0 radical (unpaired) electrons. The Morgan fingerprint density at radius 2 is 2.05 bits per heavy atom. The number of nitrogens with zero attached hydrogens (tertiary/aromatic N) is 1. The molecule has 0 aliphatic carbocycles. The molecule has 1 N–H and O–H groups in total. The summed E-state index contributed by atoms with van der Waals surface area (Å²) in [5, 5.41) is 3.09. The van der Waals surface area contributed by atoms with E-state index in [1.807, 2.05) is 6.92 Å². The number of rotatable bonds is 4. The standard InChI is InChI=1S/C14H13ClF2N2/c1-2-11(12-7-6-9(16)8-18-12)19-13-5-3-4-10(15)14(13)17/h3-8,11,19H,2H2,1H3. The molecule has 2 aromatic rings. The Morgan fingerprint density at radius 3 is 2.68 bits per heavy atom. The van der Waals surface area contributed by atoms with E-state index in [0.717, 1.165) is 6.20 Å². The molecule has 0 spiro atoms. The Hall–Kier alpha value is -1.68. The molecule has 0 aliphatic rings. The number of hydrogen-bond donors (Lipinski definition) is 1. The third kappa shape index (κ3) is 3.20. The highest BCUT2D eigenvalue weighted by molar-refractivity contribution is 6.31. The molecule has 1 aromatic heterocycles. The molecule has 1 unspecified atom stereocenters. The Morgan fingerprint density at radius 1 is 1.26 bits per heavy atom. The minimum absolute atomic E-state index is 0.0620. The van der Waals surface area contributed by atoms with Gasteiger partial charge < -0.3 is 5.32 Å². The third-order valence-corrected chi connectivity index (χ3v) is 3.09. The molecular weight excluding hydrogens is 270 g/mol. The van der Waals surface area contributed by atoms with Gasteiger partial charge in [0.25, 0.3) is 0 Å². The van der Waals surface area contributed by atoms with Gasteiger partial charge in [-0.05, 0) is 30.7 Å². The summed E-state index contributed by atoms with van der Waals surface area (Å²) in [5.74, 6) is -0.891. The van der Waals surface area contributed by atoms with Gasteiger partial charge in [-0.2, -0.15) is 0 Å². The first kappa shape index (κ1) is 13.7. The fourth-order valence-corrected chi connectivity index (χ4v) is 1.96. The van der Waals surface area contributed by atoms with Crippen molar-refractivity contribution in [3.63, 3.8) is 0 Å². The van der Waals surface area contributed by atoms with Gasteiger partial charge in [-0.3, -0.25) is 4.98 Å². The van der Waals surface area contributed by atoms with Crippen molar-refractivity contribution in [1.29, 1.82) is 0 Å². The topological polar surface area (TPSA) is 24.9 Å². The van der Waals surface area contributed by atoms with Gasteiger partial charge >= 0.3 is 0 Å². The zero-order chi connectivity index (χ0) is 13.8. The second-order valence-corrected chi connectivity index (χ2v) is 4.52. The highest BCUT2D eigenvalue weighted by Crippen LogP contribution is 2.27. The Bertz CT molecular complexity index is 558. The molecule has 1 aromatic carbocycles. The molecule has 0 saturated carbocycles. The van der Waals surface area contributed by atoms with E-state index >= 15 is 0 Å². The largest absolute Gasteiger partial charge is 0.374 e. The third-order valence-electron chi connectivity index (χ3n) is 2.80. The van der Waals surface area contributed by atoms with Gasteiger partial charge in [0.2, 0.25) is 0 Å². The first-order valence-corrected chi connectivity index (χ1v) is 6.31. The second kappa shape index (κ2) is 5.97. The van der Waals surface area contributed by atoms with Gasteiger partial charge in [0.05, 0.1) is 28.6 Å². The molecule has 0 saturated heterocycles. The Balaban J connectivity index is 2.24. The summed E-state index contributed by atoms with van der Waals surface area (Å²) in [7, 11) is 0. The molecule has 0 aliphatic heterocycles. The molecule has 1 heterocycles. The van der Waals surface area contributed by atoms with Gasteiger partial charge in [-0.1, -0.05) is 24.6 Å². The van der Waals surface area contributed by atoms with E-state index in [-0.39, 0.29) is 11.1 Å². The summed E-state index contributed by atoms with van der Waals surface area (Å²) < 4.78 is 26.6. The van der Waals surface area contributed by atoms with Gasteiger partial charge in [0, 0.05) is 0 Å². The van der Waals surface area contributed by atoms with Crippen molar-refractivity contribution in [2.75, 3.05) is 5.32 Å². The van der Waals surface area contributed by atoms with Crippen LogP contribution in [0.3, 0.4) is 0 Å². The number of pyridine rings is 1. The average Bonchev–Trinajstić information content (AvgIpc) is 2.42. The first-order valence-electron chi connectivity index (χ1n) is 5.93. The van der Waals surface area contributed by atoms with Crippen molar-refractivity contribution in [2.24, 2.45) is 0 Å². The molecule has 0 amide bonds. The quantitative estimate of drug-likeness (QED) is 0.888. The first-order chi connectivity index (χ1) is 9.11. The molecular formula is C14H13ClF2N2. The summed E-state index contributed by atoms with van der Waals surface area (Å²) in [6, 6.07) is 7.47. The maximum Gasteiger partial charge on any atom is 0.164 e. The number of nitrogens with one attached hydrogen (secondary N) is 1. The van der Waals surface area contributed by atoms with Crippen LogP contribution in [0, 0.1) is 11.6 Å². The Kier molecular flexibility index (Phi) is 4.32. The molecule has 5 heteroatoms. The van der Waals surface area contributed by atoms with E-state index in [1.165, 1.54) is 12.1 Å². The lowest BCUT2D eigenvalue weighted by atomic mass is 10.1. The molecule has 2 rings (SSSR count). The fourth-order valence-electron chi connectivity index (χ4n) is 1.78. The predicted molar refractivity (Wildman–Crippen MR) is 72.3 cm³/mol. The van der Waals surface area contributed by atoms with E-state index in [2.05, 4.69) is 10.3 Å². The van der Waals surface area contributed by atoms with Crippen molar-refractivity contribution in [3.8, 4) is 0 Å². The minimum atomic E-state index is -0.496. The number of aromatic nitrogens is 1. The SMILES string of the molecule is CCC(Nc1cccc(Cl)c1F)c1ccc(F)cn1. The average molecular weight is 283 g/mol. The highest BCUT2D eigenvalue weighted by Gasteiger charge is 2.14. The van der Waals surface area contributed by atoms with Crippen LogP contribution in [0.1, 0.15) is 25.1 Å². The lowest BCUT2D eigenvalue weighted by Gasteiger charge is -2.18. The van der Waals surface area contributed by atoms with E-state index < -0.39 is 11.6 Å². The van der Waals surface area contributed by atoms with Crippen LogP contribution in [0.4, 0.5) is 14.5 Å². The summed E-state index contributed by atoms with van der Waals surface area (Å²) in [6.45, 7) is 1.94. The molecule has 19 heavy (non-hydrogen) atoms. The monoisotopic (exact) mass is 282 g/mol. The van der Waals surface area contributed by atoms with Crippen LogP contribution < -0.4 is 5.32 Å². The maximum absolute atomic E-state index is 13.8. The van der Waals surface area contributed by atoms with E-state index in [9.17, 15) is 8.78 Å². The van der Waals surface area contributed by atoms with Crippen molar-refractivity contribution in [1.82, 2.24) is 4.98 Å². The van der Waals surface area contributed by atoms with E-state index in [1.54, 1.807) is 18.2 Å². The number of benzene rings is 1. The normalized spacial score (nSPS) is 12.2. The van der Waals surface area contributed by atoms with Crippen molar-refractivity contribution >= 4 is 17.3 Å². The zero-order valence-corrected chi connectivity index (χ0v) is 11.1. The van der Waals surface area contributed by atoms with E-state index in [4.69, 9.17) is 11.6 Å². The molecule has 0 bridgehead atoms. The Labute approximate surface area is 115 Å². The van der Waals surface area contributed by atoms with Crippen molar-refractivity contribution < 1.29 is 8.78 Å². The summed E-state index contributed by atoms with van der Waals surface area (Å²) in [6.07, 6.45) is 1.83. The zero-order valence-electron chi connectivity index (χ0n) is 10.3. The van der Waals surface area contributed by atoms with Gasteiger partial charge in [0.1, 0.15) is 5.82 Å². The smallest absolute Gasteiger partial charge is 0.164 e. The summed E-state index contributed by atoms with van der Waals surface area (Å²) in [4.78, 5) is 4.00. The lowest BCUT2D eigenvalue weighted by molar-refractivity contribution is 0.609. The molecule has 1 atom stereocenters. The number of anilines is 1. The van der Waals surface area contributed by atoms with Crippen LogP contribution in [0.25, 0.3) is 0 Å². The predicted octanol–water partition coefficient (Wildman–Crippen LogP) is 4.58. The molecule has 100 valence electrons. The van der Waals surface area contributed by atoms with Crippen LogP contribution in [-0.4, -0.2) is 4.98 Å². The summed E-state index contributed by atoms with van der Waals surface area (Å²) in [5.41, 5.74) is 0.966. The summed E-state index contributed by atoms with van der Waals surface area (Å²) >= 11 is 5.73. The van der Waals surface area contributed by atoms with Gasteiger partial charge in [0.15, 0.2) is 5.82 Å². The molecule has 2 nitrogen and oxygen atoms in total. The second-order valence-electron chi connectivity index (χ2n) is 4.11. The van der Waals surface area contributed by atoms with Crippen LogP contribution in [-0.2, 0) is 0 Å². The number of hydrogen-bond acceptors (Lipinski definition) is 2. The van der Waals surface area contributed by atoms with Crippen LogP contribution in [0.2, 0.25) is 5.02 Å². The highest BCUT2D eigenvalue weighted by atomic mass is 35.5. The minimum Gasteiger partial charge on any atom is -0.374 e.